The van der Waals surface area contributed by atoms with Crippen LogP contribution in [0.2, 0.25) is 0 Å². The lowest BCUT2D eigenvalue weighted by Crippen LogP contribution is -2.56. The van der Waals surface area contributed by atoms with E-state index in [9.17, 15) is 14.4 Å². The van der Waals surface area contributed by atoms with Crippen molar-refractivity contribution in [2.45, 2.75) is 111 Å². The quantitative estimate of drug-likeness (QED) is 0.266. The minimum absolute atomic E-state index is 0.113. The summed E-state index contributed by atoms with van der Waals surface area (Å²) in [6.45, 7) is 15.8. The molecule has 37 heavy (non-hydrogen) atoms. The number of nitrogens with zero attached hydrogens (tertiary/aromatic N) is 1. The first kappa shape index (κ1) is 32.0. The first-order valence-electron chi connectivity index (χ1n) is 13.5. The van der Waals surface area contributed by atoms with Gasteiger partial charge in [0.2, 0.25) is 11.8 Å². The van der Waals surface area contributed by atoms with Crippen LogP contribution in [0, 0.1) is 18.3 Å². The summed E-state index contributed by atoms with van der Waals surface area (Å²) in [6.07, 6.45) is 9.02. The molecule has 1 aromatic rings. The first-order chi connectivity index (χ1) is 17.4. The third-order valence-corrected chi connectivity index (χ3v) is 6.03. The van der Waals surface area contributed by atoms with Crippen molar-refractivity contribution in [3.05, 3.63) is 35.4 Å². The number of nitrogens with one attached hydrogen (secondary N) is 2. The predicted octanol–water partition coefficient (Wildman–Crippen LogP) is 5.58. The van der Waals surface area contributed by atoms with Gasteiger partial charge < -0.3 is 20.3 Å². The number of benzene rings is 1. The number of hydrogen-bond donors (Lipinski definition) is 2. The Labute approximate surface area is 224 Å². The third kappa shape index (κ3) is 10.5. The number of carbonyl (C=O) groups is 3. The van der Waals surface area contributed by atoms with Gasteiger partial charge in [-0.1, -0.05) is 64.7 Å². The van der Waals surface area contributed by atoms with Crippen molar-refractivity contribution < 1.29 is 19.1 Å². The van der Waals surface area contributed by atoms with Crippen LogP contribution in [0.25, 0.3) is 0 Å². The summed E-state index contributed by atoms with van der Waals surface area (Å²) < 4.78 is 5.45. The van der Waals surface area contributed by atoms with Crippen molar-refractivity contribution in [2.75, 3.05) is 6.54 Å². The highest BCUT2D eigenvalue weighted by Gasteiger charge is 2.39. The molecule has 2 N–H and O–H groups in total. The van der Waals surface area contributed by atoms with Crippen LogP contribution in [0.3, 0.4) is 0 Å². The molecular weight excluding hydrogens is 466 g/mol. The molecule has 0 heterocycles. The molecule has 3 amide bonds. The lowest BCUT2D eigenvalue weighted by Gasteiger charge is -2.39. The number of carbonyl (C=O) groups excluding carboxylic acids is 3. The van der Waals surface area contributed by atoms with E-state index in [1.54, 1.807) is 37.8 Å². The molecule has 0 saturated heterocycles. The zero-order valence-corrected chi connectivity index (χ0v) is 24.0. The number of alkyl carbamates (subject to hydrolysis) is 1. The summed E-state index contributed by atoms with van der Waals surface area (Å²) in [5, 5.41) is 5.79. The average molecular weight is 514 g/mol. The zero-order valence-electron chi connectivity index (χ0n) is 24.0. The van der Waals surface area contributed by atoms with Gasteiger partial charge in [-0.2, -0.15) is 0 Å². The van der Waals surface area contributed by atoms with Gasteiger partial charge in [-0.05, 0) is 64.5 Å². The Morgan fingerprint density at radius 1 is 1.08 bits per heavy atom. The summed E-state index contributed by atoms with van der Waals surface area (Å²) in [7, 11) is 0. The fourth-order valence-electron chi connectivity index (χ4n) is 4.09. The number of unbranched alkanes of at least 4 members (excludes halogenated alkanes) is 2. The molecule has 7 heteroatoms. The second-order valence-corrected chi connectivity index (χ2v) is 11.0. The molecule has 0 aliphatic carbocycles. The molecule has 3 unspecified atom stereocenters. The molecule has 0 bridgehead atoms. The van der Waals surface area contributed by atoms with E-state index in [0.717, 1.165) is 19.3 Å². The molecule has 0 spiro atoms. The summed E-state index contributed by atoms with van der Waals surface area (Å²) in [6, 6.07) is 5.11. The third-order valence-electron chi connectivity index (χ3n) is 6.03. The second-order valence-electron chi connectivity index (χ2n) is 11.0. The number of amides is 3. The molecule has 0 aliphatic rings. The van der Waals surface area contributed by atoms with Gasteiger partial charge in [0, 0.05) is 18.2 Å². The maximum Gasteiger partial charge on any atom is 0.408 e. The van der Waals surface area contributed by atoms with Gasteiger partial charge in [0.15, 0.2) is 0 Å². The molecule has 1 rings (SSSR count). The molecule has 1 aromatic carbocycles. The number of ether oxygens (including phenoxy) is 1. The molecular formula is C30H47N3O4. The van der Waals surface area contributed by atoms with E-state index < -0.39 is 23.8 Å². The molecule has 0 aromatic heterocycles. The van der Waals surface area contributed by atoms with Crippen LogP contribution in [0.5, 0.6) is 0 Å². The van der Waals surface area contributed by atoms with Crippen molar-refractivity contribution in [1.29, 1.82) is 0 Å². The van der Waals surface area contributed by atoms with E-state index in [2.05, 4.69) is 23.5 Å². The highest BCUT2D eigenvalue weighted by atomic mass is 16.6. The van der Waals surface area contributed by atoms with Crippen molar-refractivity contribution in [2.24, 2.45) is 5.92 Å². The molecule has 206 valence electrons. The lowest BCUT2D eigenvalue weighted by molar-refractivity contribution is -0.145. The van der Waals surface area contributed by atoms with Gasteiger partial charge in [-0.15, -0.1) is 6.42 Å². The smallest absolute Gasteiger partial charge is 0.408 e. The van der Waals surface area contributed by atoms with Crippen LogP contribution in [-0.2, 0) is 14.3 Å². The van der Waals surface area contributed by atoms with Crippen molar-refractivity contribution in [3.63, 3.8) is 0 Å². The highest BCUT2D eigenvalue weighted by Crippen LogP contribution is 2.29. The standard InChI is InChI=1S/C30H47N3O4/c1-10-13-16-19-31-27(34)26(24-18-15-14-17-23(24)12-3)33(22(6)11-2)28(35)25(20-21(4)5)32-29(36)37-30(7,8)9/h3,14-15,17-18,21-22,25-26H,10-11,13,16,19-20H2,1-2,4-9H3,(H,31,34)(H,32,36). The monoisotopic (exact) mass is 513 g/mol. The van der Waals surface area contributed by atoms with Crippen molar-refractivity contribution in [1.82, 2.24) is 15.5 Å². The van der Waals surface area contributed by atoms with Crippen LogP contribution in [0.4, 0.5) is 4.79 Å². The topological polar surface area (TPSA) is 87.7 Å². The van der Waals surface area contributed by atoms with E-state index >= 15 is 0 Å². The summed E-state index contributed by atoms with van der Waals surface area (Å²) in [5.41, 5.74) is 0.434. The van der Waals surface area contributed by atoms with Crippen LogP contribution in [0.1, 0.15) is 105 Å². The molecule has 7 nitrogen and oxygen atoms in total. The van der Waals surface area contributed by atoms with Crippen LogP contribution < -0.4 is 10.6 Å². The SMILES string of the molecule is C#Cc1ccccc1C(C(=O)NCCCCC)N(C(=O)C(CC(C)C)NC(=O)OC(C)(C)C)C(C)CC. The minimum atomic E-state index is -0.938. The second kappa shape index (κ2) is 15.3. The molecule has 0 aliphatic heterocycles. The van der Waals surface area contributed by atoms with E-state index in [1.807, 2.05) is 39.8 Å². The summed E-state index contributed by atoms with van der Waals surface area (Å²) in [5.74, 6) is 2.16. The van der Waals surface area contributed by atoms with Gasteiger partial charge >= 0.3 is 6.09 Å². The van der Waals surface area contributed by atoms with Gasteiger partial charge in [-0.3, -0.25) is 9.59 Å². The Kier molecular flexibility index (Phi) is 13.2. The van der Waals surface area contributed by atoms with Gasteiger partial charge in [0.25, 0.3) is 0 Å². The van der Waals surface area contributed by atoms with Crippen molar-refractivity contribution >= 4 is 17.9 Å². The summed E-state index contributed by atoms with van der Waals surface area (Å²) >= 11 is 0. The average Bonchev–Trinajstić information content (AvgIpc) is 2.82. The van der Waals surface area contributed by atoms with Crippen LogP contribution in [0.15, 0.2) is 24.3 Å². The van der Waals surface area contributed by atoms with Crippen LogP contribution in [-0.4, -0.2) is 47.0 Å². The molecule has 0 saturated carbocycles. The minimum Gasteiger partial charge on any atom is -0.444 e. The van der Waals surface area contributed by atoms with Gasteiger partial charge in [0.1, 0.15) is 17.7 Å². The first-order valence-corrected chi connectivity index (χ1v) is 13.5. The highest BCUT2D eigenvalue weighted by molar-refractivity contribution is 5.92. The largest absolute Gasteiger partial charge is 0.444 e. The zero-order chi connectivity index (χ0) is 28.2. The molecule has 0 fully saturated rings. The van der Waals surface area contributed by atoms with E-state index in [4.69, 9.17) is 11.2 Å². The predicted molar refractivity (Wildman–Crippen MR) is 149 cm³/mol. The molecule has 3 atom stereocenters. The maximum absolute atomic E-state index is 14.2. The number of terminal acetylenes is 1. The Hall–Kier alpha value is -3.01. The Balaban J connectivity index is 3.55. The Bertz CT molecular complexity index is 929. The van der Waals surface area contributed by atoms with Gasteiger partial charge in [0.05, 0.1) is 0 Å². The Morgan fingerprint density at radius 2 is 1.73 bits per heavy atom. The fraction of sp³-hybridized carbons (Fsp3) is 0.633. The van der Waals surface area contributed by atoms with Crippen LogP contribution >= 0.6 is 0 Å². The fourth-order valence-corrected chi connectivity index (χ4v) is 4.09. The Morgan fingerprint density at radius 3 is 2.27 bits per heavy atom. The number of rotatable bonds is 13. The summed E-state index contributed by atoms with van der Waals surface area (Å²) in [4.78, 5) is 42.2. The lowest BCUT2D eigenvalue weighted by atomic mass is 9.94. The van der Waals surface area contributed by atoms with E-state index in [0.29, 0.717) is 30.5 Å². The maximum atomic E-state index is 14.2. The normalized spacial score (nSPS) is 13.7. The van der Waals surface area contributed by atoms with E-state index in [-0.39, 0.29) is 23.8 Å². The van der Waals surface area contributed by atoms with Gasteiger partial charge in [-0.25, -0.2) is 4.79 Å². The molecule has 0 radical (unpaired) electrons. The van der Waals surface area contributed by atoms with Crippen molar-refractivity contribution in [3.8, 4) is 12.3 Å². The van der Waals surface area contributed by atoms with E-state index in [1.165, 1.54) is 0 Å². The number of hydrogen-bond acceptors (Lipinski definition) is 4.